The first-order valence-corrected chi connectivity index (χ1v) is 5.96. The highest BCUT2D eigenvalue weighted by atomic mass is 16.3. The summed E-state index contributed by atoms with van der Waals surface area (Å²) in [6, 6.07) is 11.9. The summed E-state index contributed by atoms with van der Waals surface area (Å²) in [5.41, 5.74) is 2.08. The molecule has 3 nitrogen and oxygen atoms in total. The summed E-state index contributed by atoms with van der Waals surface area (Å²) in [5.74, 6) is 2.69. The van der Waals surface area contributed by atoms with Gasteiger partial charge in [-0.3, -0.25) is 0 Å². The maximum Gasteiger partial charge on any atom is 0.124 e. The van der Waals surface area contributed by atoms with Crippen LogP contribution in [0.3, 0.4) is 0 Å². The van der Waals surface area contributed by atoms with Crippen molar-refractivity contribution >= 4 is 5.69 Å². The van der Waals surface area contributed by atoms with Gasteiger partial charge in [-0.25, -0.2) is 0 Å². The molecule has 0 amide bonds. The van der Waals surface area contributed by atoms with Gasteiger partial charge in [0.1, 0.15) is 11.5 Å². The van der Waals surface area contributed by atoms with Crippen LogP contribution in [0.2, 0.25) is 0 Å². The molecule has 0 spiro atoms. The molecule has 0 aliphatic heterocycles. The van der Waals surface area contributed by atoms with Gasteiger partial charge in [0.25, 0.3) is 0 Å². The average molecular weight is 253 g/mol. The van der Waals surface area contributed by atoms with Crippen LogP contribution >= 0.6 is 0 Å². The predicted molar refractivity (Wildman–Crippen MR) is 76.2 cm³/mol. The van der Waals surface area contributed by atoms with Crippen molar-refractivity contribution in [2.24, 2.45) is 0 Å². The molecule has 2 aromatic carbocycles. The molecular weight excluding hydrogens is 238 g/mol. The first-order valence-electron chi connectivity index (χ1n) is 5.96. The molecule has 3 heteroatoms. The SMILES string of the molecule is C#Cc1cccc(NC(C)c2c(O)cccc2O)c1. The number of hydrogen-bond acceptors (Lipinski definition) is 3. The summed E-state index contributed by atoms with van der Waals surface area (Å²) >= 11 is 0. The summed E-state index contributed by atoms with van der Waals surface area (Å²) in [5, 5.41) is 22.8. The van der Waals surface area contributed by atoms with Crippen LogP contribution in [0.5, 0.6) is 11.5 Å². The van der Waals surface area contributed by atoms with E-state index in [2.05, 4.69) is 11.2 Å². The minimum atomic E-state index is -0.241. The van der Waals surface area contributed by atoms with Crippen LogP contribution in [0.4, 0.5) is 5.69 Å². The van der Waals surface area contributed by atoms with Crippen LogP contribution in [0.25, 0.3) is 0 Å². The molecule has 0 aliphatic carbocycles. The molecule has 0 bridgehead atoms. The number of aromatic hydroxyl groups is 2. The Hall–Kier alpha value is -2.60. The molecule has 0 saturated carbocycles. The molecule has 0 radical (unpaired) electrons. The topological polar surface area (TPSA) is 52.5 Å². The molecule has 0 aliphatic rings. The summed E-state index contributed by atoms with van der Waals surface area (Å²) in [6.45, 7) is 1.86. The van der Waals surface area contributed by atoms with E-state index in [1.54, 1.807) is 18.2 Å². The van der Waals surface area contributed by atoms with E-state index in [0.717, 1.165) is 11.3 Å². The average Bonchev–Trinajstić information content (AvgIpc) is 2.38. The highest BCUT2D eigenvalue weighted by Gasteiger charge is 2.14. The fourth-order valence-electron chi connectivity index (χ4n) is 2.01. The third kappa shape index (κ3) is 2.80. The molecule has 0 saturated heterocycles. The van der Waals surface area contributed by atoms with Gasteiger partial charge in [-0.15, -0.1) is 6.42 Å². The summed E-state index contributed by atoms with van der Waals surface area (Å²) in [4.78, 5) is 0. The Balaban J connectivity index is 2.26. The van der Waals surface area contributed by atoms with Gasteiger partial charge in [0.15, 0.2) is 0 Å². The van der Waals surface area contributed by atoms with E-state index in [-0.39, 0.29) is 17.5 Å². The van der Waals surface area contributed by atoms with Crippen LogP contribution < -0.4 is 5.32 Å². The lowest BCUT2D eigenvalue weighted by Crippen LogP contribution is -2.07. The van der Waals surface area contributed by atoms with Crippen LogP contribution in [-0.2, 0) is 0 Å². The number of anilines is 1. The van der Waals surface area contributed by atoms with Crippen molar-refractivity contribution in [2.75, 3.05) is 5.32 Å². The molecule has 96 valence electrons. The van der Waals surface area contributed by atoms with Crippen LogP contribution in [0.1, 0.15) is 24.1 Å². The van der Waals surface area contributed by atoms with Gasteiger partial charge < -0.3 is 15.5 Å². The molecule has 3 N–H and O–H groups in total. The van der Waals surface area contributed by atoms with E-state index in [9.17, 15) is 10.2 Å². The zero-order valence-electron chi connectivity index (χ0n) is 10.6. The summed E-state index contributed by atoms with van der Waals surface area (Å²) in [6.07, 6.45) is 5.35. The minimum absolute atomic E-state index is 0.0631. The third-order valence-electron chi connectivity index (χ3n) is 2.91. The number of rotatable bonds is 3. The second-order valence-corrected chi connectivity index (χ2v) is 4.30. The number of phenols is 2. The second kappa shape index (κ2) is 5.36. The van der Waals surface area contributed by atoms with E-state index >= 15 is 0 Å². The van der Waals surface area contributed by atoms with E-state index in [4.69, 9.17) is 6.42 Å². The van der Waals surface area contributed by atoms with Gasteiger partial charge in [-0.1, -0.05) is 18.1 Å². The van der Waals surface area contributed by atoms with Gasteiger partial charge in [-0.05, 0) is 37.3 Å². The normalized spacial score (nSPS) is 11.6. The van der Waals surface area contributed by atoms with Crippen molar-refractivity contribution < 1.29 is 10.2 Å². The zero-order chi connectivity index (χ0) is 13.8. The summed E-state index contributed by atoms with van der Waals surface area (Å²) in [7, 11) is 0. The quantitative estimate of drug-likeness (QED) is 0.736. The zero-order valence-corrected chi connectivity index (χ0v) is 10.6. The molecule has 2 aromatic rings. The van der Waals surface area contributed by atoms with Crippen LogP contribution in [-0.4, -0.2) is 10.2 Å². The van der Waals surface area contributed by atoms with Gasteiger partial charge >= 0.3 is 0 Å². The molecule has 0 aromatic heterocycles. The Kier molecular flexibility index (Phi) is 3.63. The molecule has 0 fully saturated rings. The Morgan fingerprint density at radius 3 is 2.37 bits per heavy atom. The van der Waals surface area contributed by atoms with E-state index in [1.165, 1.54) is 0 Å². The van der Waals surface area contributed by atoms with E-state index in [1.807, 2.05) is 31.2 Å². The lowest BCUT2D eigenvalue weighted by Gasteiger charge is -2.18. The smallest absolute Gasteiger partial charge is 0.124 e. The Morgan fingerprint density at radius 1 is 1.11 bits per heavy atom. The Morgan fingerprint density at radius 2 is 1.74 bits per heavy atom. The first-order chi connectivity index (χ1) is 9.11. The largest absolute Gasteiger partial charge is 0.507 e. The lowest BCUT2D eigenvalue weighted by atomic mass is 10.1. The number of hydrogen-bond donors (Lipinski definition) is 3. The van der Waals surface area contributed by atoms with E-state index < -0.39 is 0 Å². The molecule has 1 atom stereocenters. The molecule has 19 heavy (non-hydrogen) atoms. The van der Waals surface area contributed by atoms with Crippen molar-refractivity contribution in [1.29, 1.82) is 0 Å². The standard InChI is InChI=1S/C16H15NO2/c1-3-12-6-4-7-13(10-12)17-11(2)16-14(18)8-5-9-15(16)19/h1,4-11,17-19H,2H3. The van der Waals surface area contributed by atoms with Crippen LogP contribution in [0, 0.1) is 12.3 Å². The summed E-state index contributed by atoms with van der Waals surface area (Å²) < 4.78 is 0. The fourth-order valence-corrected chi connectivity index (χ4v) is 2.01. The van der Waals surface area contributed by atoms with E-state index in [0.29, 0.717) is 5.56 Å². The lowest BCUT2D eigenvalue weighted by molar-refractivity contribution is 0.434. The van der Waals surface area contributed by atoms with Crippen molar-refractivity contribution in [1.82, 2.24) is 0 Å². The monoisotopic (exact) mass is 253 g/mol. The highest BCUT2D eigenvalue weighted by Crippen LogP contribution is 2.34. The first kappa shape index (κ1) is 12.8. The third-order valence-corrected chi connectivity index (χ3v) is 2.91. The van der Waals surface area contributed by atoms with Crippen molar-refractivity contribution in [3.63, 3.8) is 0 Å². The minimum Gasteiger partial charge on any atom is -0.507 e. The number of benzene rings is 2. The van der Waals surface area contributed by atoms with Gasteiger partial charge in [0.2, 0.25) is 0 Å². The van der Waals surface area contributed by atoms with Crippen molar-refractivity contribution in [3.8, 4) is 23.8 Å². The maximum atomic E-state index is 9.81. The molecule has 2 rings (SSSR count). The van der Waals surface area contributed by atoms with Crippen LogP contribution in [0.15, 0.2) is 42.5 Å². The Bertz CT molecular complexity index is 609. The number of phenolic OH excluding ortho intramolecular Hbond substituents is 2. The number of terminal acetylenes is 1. The predicted octanol–water partition coefficient (Wildman–Crippen LogP) is 3.25. The molecule has 1 unspecified atom stereocenters. The van der Waals surface area contributed by atoms with Gasteiger partial charge in [-0.2, -0.15) is 0 Å². The molecule has 0 heterocycles. The molecular formula is C16H15NO2. The maximum absolute atomic E-state index is 9.81. The fraction of sp³-hybridized carbons (Fsp3) is 0.125. The van der Waals surface area contributed by atoms with Crippen molar-refractivity contribution in [2.45, 2.75) is 13.0 Å². The highest BCUT2D eigenvalue weighted by molar-refractivity contribution is 5.54. The second-order valence-electron chi connectivity index (χ2n) is 4.30. The Labute approximate surface area is 112 Å². The van der Waals surface area contributed by atoms with Gasteiger partial charge in [0, 0.05) is 11.3 Å². The van der Waals surface area contributed by atoms with Crippen molar-refractivity contribution in [3.05, 3.63) is 53.6 Å². The number of nitrogens with one attached hydrogen (secondary N) is 1. The van der Waals surface area contributed by atoms with Gasteiger partial charge in [0.05, 0.1) is 11.6 Å².